The third kappa shape index (κ3) is 3.26. The van der Waals surface area contributed by atoms with Crippen molar-refractivity contribution in [3.05, 3.63) is 16.9 Å². The lowest BCUT2D eigenvalue weighted by Gasteiger charge is -2.33. The molecule has 8 heteroatoms. The van der Waals surface area contributed by atoms with Crippen LogP contribution < -0.4 is 16.0 Å². The summed E-state index contributed by atoms with van der Waals surface area (Å²) in [6.07, 6.45) is 5.09. The molecule has 1 amide bonds. The summed E-state index contributed by atoms with van der Waals surface area (Å²) in [5.41, 5.74) is 8.58. The molecular weight excluding hydrogens is 374 g/mol. The number of ether oxygens (including phenoxy) is 1. The van der Waals surface area contributed by atoms with Crippen molar-refractivity contribution in [2.75, 3.05) is 30.4 Å². The van der Waals surface area contributed by atoms with Gasteiger partial charge >= 0.3 is 0 Å². The van der Waals surface area contributed by atoms with Crippen molar-refractivity contribution in [2.45, 2.75) is 31.9 Å². The van der Waals surface area contributed by atoms with Gasteiger partial charge in [0.2, 0.25) is 0 Å². The Hall–Kier alpha value is -1.64. The molecule has 3 heterocycles. The van der Waals surface area contributed by atoms with Gasteiger partial charge in [0.25, 0.3) is 5.91 Å². The molecule has 0 aromatic carbocycles. The molecule has 2 aromatic heterocycles. The maximum absolute atomic E-state index is 12.2. The van der Waals surface area contributed by atoms with Gasteiger partial charge in [-0.05, 0) is 35.7 Å². The van der Waals surface area contributed by atoms with Gasteiger partial charge in [-0.3, -0.25) is 4.79 Å². The number of halogens is 1. The van der Waals surface area contributed by atoms with Crippen LogP contribution in [0.15, 0.2) is 16.9 Å². The maximum Gasteiger partial charge on any atom is 0.253 e. The molecule has 0 saturated carbocycles. The number of aromatic nitrogens is 2. The van der Waals surface area contributed by atoms with Gasteiger partial charge < -0.3 is 25.7 Å². The van der Waals surface area contributed by atoms with Gasteiger partial charge in [0, 0.05) is 38.6 Å². The summed E-state index contributed by atoms with van der Waals surface area (Å²) in [6, 6.07) is 0.152. The van der Waals surface area contributed by atoms with Crippen LogP contribution in [-0.4, -0.2) is 48.2 Å². The van der Waals surface area contributed by atoms with Gasteiger partial charge in [0.15, 0.2) is 0 Å². The first kappa shape index (κ1) is 17.2. The van der Waals surface area contributed by atoms with Crippen LogP contribution in [0, 0.1) is 0 Å². The van der Waals surface area contributed by atoms with Gasteiger partial charge in [-0.15, -0.1) is 0 Å². The number of nitrogens with two attached hydrogens (primary N) is 1. The minimum atomic E-state index is -0.526. The number of nitrogens with zero attached hydrogens (tertiary/aromatic N) is 2. The van der Waals surface area contributed by atoms with E-state index in [-0.39, 0.29) is 11.9 Å². The summed E-state index contributed by atoms with van der Waals surface area (Å²) in [6.45, 7) is 3.42. The summed E-state index contributed by atoms with van der Waals surface area (Å²) < 4.78 is 5.97. The lowest BCUT2D eigenvalue weighted by atomic mass is 10.1. The molecule has 0 spiro atoms. The molecule has 0 bridgehead atoms. The van der Waals surface area contributed by atoms with E-state index >= 15 is 0 Å². The second-order valence-electron chi connectivity index (χ2n) is 6.10. The van der Waals surface area contributed by atoms with Gasteiger partial charge in [0.1, 0.15) is 11.8 Å². The predicted molar refractivity (Wildman–Crippen MR) is 98.3 cm³/mol. The van der Waals surface area contributed by atoms with E-state index in [1.807, 2.05) is 0 Å². The molecule has 1 unspecified atom stereocenters. The molecule has 3 rings (SSSR count). The minimum Gasteiger partial charge on any atom is -0.372 e. The number of carbonyl (C=O) groups excluding carboxylic acids is 1. The van der Waals surface area contributed by atoms with Crippen LogP contribution in [0.3, 0.4) is 0 Å². The van der Waals surface area contributed by atoms with Gasteiger partial charge in [0.05, 0.1) is 21.2 Å². The Labute approximate surface area is 149 Å². The van der Waals surface area contributed by atoms with E-state index in [1.54, 1.807) is 19.3 Å². The first-order chi connectivity index (χ1) is 11.5. The van der Waals surface area contributed by atoms with E-state index in [4.69, 9.17) is 10.5 Å². The number of nitrogens with one attached hydrogen (secondary N) is 2. The first-order valence-corrected chi connectivity index (χ1v) is 8.80. The summed E-state index contributed by atoms with van der Waals surface area (Å²) in [5, 5.41) is 3.80. The number of H-pyrrole nitrogens is 1. The van der Waals surface area contributed by atoms with Crippen molar-refractivity contribution < 1.29 is 9.53 Å². The number of methoxy groups -OCH3 is 1. The zero-order valence-corrected chi connectivity index (χ0v) is 15.4. The molecule has 24 heavy (non-hydrogen) atoms. The van der Waals surface area contributed by atoms with E-state index in [1.165, 1.54) is 7.11 Å². The molecule has 1 aliphatic rings. The Bertz CT molecular complexity index is 747. The zero-order chi connectivity index (χ0) is 17.3. The SMILES string of the molecule is COC(C)C(=O)Nc1c[nH]c2ncc(Br)c(N3CCC[C@@H](N)C3)c12. The lowest BCUT2D eigenvalue weighted by molar-refractivity contribution is -0.124. The highest BCUT2D eigenvalue weighted by Crippen LogP contribution is 2.38. The van der Waals surface area contributed by atoms with E-state index in [2.05, 4.69) is 36.1 Å². The van der Waals surface area contributed by atoms with Crippen LogP contribution in [0.1, 0.15) is 19.8 Å². The second-order valence-corrected chi connectivity index (χ2v) is 6.95. The number of aromatic amines is 1. The highest BCUT2D eigenvalue weighted by molar-refractivity contribution is 9.10. The highest BCUT2D eigenvalue weighted by atomic mass is 79.9. The Balaban J connectivity index is 2.02. The van der Waals surface area contributed by atoms with Crippen molar-refractivity contribution in [1.82, 2.24) is 9.97 Å². The summed E-state index contributed by atoms with van der Waals surface area (Å²) in [4.78, 5) is 22.0. The van der Waals surface area contributed by atoms with Gasteiger partial charge in [-0.1, -0.05) is 0 Å². The average Bonchev–Trinajstić information content (AvgIpc) is 2.96. The zero-order valence-electron chi connectivity index (χ0n) is 13.8. The van der Waals surface area contributed by atoms with Crippen molar-refractivity contribution in [3.8, 4) is 0 Å². The fourth-order valence-corrected chi connectivity index (χ4v) is 3.57. The largest absolute Gasteiger partial charge is 0.372 e. The third-order valence-corrected chi connectivity index (χ3v) is 4.96. The fraction of sp³-hybridized carbons (Fsp3) is 0.500. The van der Waals surface area contributed by atoms with Gasteiger partial charge in [-0.2, -0.15) is 0 Å². The van der Waals surface area contributed by atoms with Crippen LogP contribution in [0.25, 0.3) is 11.0 Å². The number of fused-ring (bicyclic) bond motifs is 1. The maximum atomic E-state index is 12.2. The molecule has 4 N–H and O–H groups in total. The fourth-order valence-electron chi connectivity index (χ4n) is 3.02. The predicted octanol–water partition coefficient (Wildman–Crippen LogP) is 2.23. The quantitative estimate of drug-likeness (QED) is 0.737. The van der Waals surface area contributed by atoms with Crippen LogP contribution in [0.5, 0.6) is 0 Å². The Kier molecular flexibility index (Phi) is 5.07. The summed E-state index contributed by atoms with van der Waals surface area (Å²) in [5.74, 6) is -0.195. The summed E-state index contributed by atoms with van der Waals surface area (Å²) in [7, 11) is 1.51. The molecule has 7 nitrogen and oxygen atoms in total. The average molecular weight is 396 g/mol. The lowest BCUT2D eigenvalue weighted by Crippen LogP contribution is -2.43. The summed E-state index contributed by atoms with van der Waals surface area (Å²) >= 11 is 3.60. The number of carbonyl (C=O) groups is 1. The first-order valence-electron chi connectivity index (χ1n) is 8.01. The van der Waals surface area contributed by atoms with E-state index in [9.17, 15) is 4.79 Å². The van der Waals surface area contributed by atoms with Crippen molar-refractivity contribution >= 4 is 44.2 Å². The molecule has 2 atom stereocenters. The monoisotopic (exact) mass is 395 g/mol. The molecule has 0 aliphatic carbocycles. The minimum absolute atomic E-state index is 0.152. The van der Waals surface area contributed by atoms with Crippen LogP contribution >= 0.6 is 15.9 Å². The smallest absolute Gasteiger partial charge is 0.253 e. The third-order valence-electron chi connectivity index (χ3n) is 4.38. The Morgan fingerprint density at radius 2 is 2.42 bits per heavy atom. The Morgan fingerprint density at radius 3 is 3.12 bits per heavy atom. The molecule has 1 fully saturated rings. The number of pyridine rings is 1. The molecule has 130 valence electrons. The van der Waals surface area contributed by atoms with Crippen LogP contribution in [0.4, 0.5) is 11.4 Å². The number of hydrogen-bond acceptors (Lipinski definition) is 5. The molecule has 0 radical (unpaired) electrons. The normalized spacial score (nSPS) is 19.5. The van der Waals surface area contributed by atoms with E-state index in [0.717, 1.165) is 47.1 Å². The molecule has 2 aromatic rings. The number of rotatable bonds is 4. The number of amides is 1. The van der Waals surface area contributed by atoms with Crippen molar-refractivity contribution in [1.29, 1.82) is 0 Å². The van der Waals surface area contributed by atoms with Crippen molar-refractivity contribution in [3.63, 3.8) is 0 Å². The topological polar surface area (TPSA) is 96.3 Å². The Morgan fingerprint density at radius 1 is 1.62 bits per heavy atom. The number of anilines is 2. The van der Waals surface area contributed by atoms with Crippen LogP contribution in [-0.2, 0) is 9.53 Å². The van der Waals surface area contributed by atoms with E-state index < -0.39 is 6.10 Å². The standard InChI is InChI=1S/C16H22BrN5O2/c1-9(24-2)16(23)21-12-7-20-15-13(12)14(11(17)6-19-15)22-5-3-4-10(18)8-22/h6-7,9-10H,3-5,8,18H2,1-2H3,(H,19,20)(H,21,23)/t9?,10-/m1/s1. The highest BCUT2D eigenvalue weighted by Gasteiger charge is 2.24. The van der Waals surface area contributed by atoms with Crippen molar-refractivity contribution in [2.24, 2.45) is 5.73 Å². The van der Waals surface area contributed by atoms with E-state index in [0.29, 0.717) is 5.69 Å². The number of hydrogen-bond donors (Lipinski definition) is 3. The van der Waals surface area contributed by atoms with Crippen LogP contribution in [0.2, 0.25) is 0 Å². The molecule has 1 aliphatic heterocycles. The van der Waals surface area contributed by atoms with Gasteiger partial charge in [-0.25, -0.2) is 4.98 Å². The molecular formula is C16H22BrN5O2. The molecule has 1 saturated heterocycles. The number of piperidine rings is 1. The second kappa shape index (κ2) is 7.08.